The summed E-state index contributed by atoms with van der Waals surface area (Å²) < 4.78 is 1.25. The topological polar surface area (TPSA) is 76.9 Å². The van der Waals surface area contributed by atoms with Gasteiger partial charge in [-0.15, -0.1) is 22.7 Å². The maximum Gasteiger partial charge on any atom is 0.347 e. The second-order valence-electron chi connectivity index (χ2n) is 4.91. The number of hydrogen-bond donors (Lipinski definition) is 1. The van der Waals surface area contributed by atoms with Crippen LogP contribution in [0.5, 0.6) is 0 Å². The Hall–Kier alpha value is -2.32. The van der Waals surface area contributed by atoms with Gasteiger partial charge in [0.1, 0.15) is 6.54 Å². The second kappa shape index (κ2) is 6.43. The van der Waals surface area contributed by atoms with Crippen molar-refractivity contribution in [2.24, 2.45) is 0 Å². The molecule has 0 aliphatic carbocycles. The van der Waals surface area contributed by atoms with Crippen molar-refractivity contribution in [2.75, 3.05) is 5.32 Å². The summed E-state index contributed by atoms with van der Waals surface area (Å²) in [6, 6.07) is 5.69. The zero-order valence-corrected chi connectivity index (χ0v) is 14.2. The molecule has 0 aliphatic heterocycles. The second-order valence-corrected chi connectivity index (χ2v) is 7.40. The molecule has 0 saturated carbocycles. The lowest BCUT2D eigenvalue weighted by Gasteiger charge is -2.03. The lowest BCUT2D eigenvalue weighted by Crippen LogP contribution is -2.28. The SMILES string of the molecule is Cc1ccc(-c2nc(NC(=O)Cn3cccnc3=O)sc2C)s1. The van der Waals surface area contributed by atoms with E-state index in [4.69, 9.17) is 0 Å². The summed E-state index contributed by atoms with van der Waals surface area (Å²) in [5, 5.41) is 3.27. The third-order valence-corrected chi connectivity index (χ3v) is 5.01. The van der Waals surface area contributed by atoms with Gasteiger partial charge < -0.3 is 5.32 Å². The van der Waals surface area contributed by atoms with Crippen molar-refractivity contribution in [3.63, 3.8) is 0 Å². The van der Waals surface area contributed by atoms with Crippen LogP contribution in [0.1, 0.15) is 9.75 Å². The molecule has 1 N–H and O–H groups in total. The molecule has 3 rings (SSSR count). The molecule has 8 heteroatoms. The molecule has 1 amide bonds. The van der Waals surface area contributed by atoms with Crippen LogP contribution in [0.3, 0.4) is 0 Å². The van der Waals surface area contributed by atoms with Crippen molar-refractivity contribution in [1.29, 1.82) is 0 Å². The van der Waals surface area contributed by atoms with Crippen LogP contribution in [0, 0.1) is 13.8 Å². The van der Waals surface area contributed by atoms with Crippen molar-refractivity contribution in [2.45, 2.75) is 20.4 Å². The van der Waals surface area contributed by atoms with Crippen LogP contribution in [0.4, 0.5) is 5.13 Å². The number of amides is 1. The highest BCUT2D eigenvalue weighted by atomic mass is 32.1. The van der Waals surface area contributed by atoms with E-state index in [-0.39, 0.29) is 12.5 Å². The number of carbonyl (C=O) groups excluding carboxylic acids is 1. The average Bonchev–Trinajstić information content (AvgIpc) is 3.07. The molecular weight excluding hydrogens is 332 g/mol. The highest BCUT2D eigenvalue weighted by Crippen LogP contribution is 2.34. The molecule has 0 atom stereocenters. The van der Waals surface area contributed by atoms with Gasteiger partial charge in [0.2, 0.25) is 5.91 Å². The van der Waals surface area contributed by atoms with Crippen LogP contribution in [0.15, 0.2) is 35.4 Å². The number of aryl methyl sites for hydroxylation is 2. The Morgan fingerprint density at radius 3 is 2.83 bits per heavy atom. The van der Waals surface area contributed by atoms with E-state index in [1.165, 1.54) is 33.2 Å². The number of thiophene rings is 1. The van der Waals surface area contributed by atoms with Gasteiger partial charge in [0.25, 0.3) is 0 Å². The number of aromatic nitrogens is 3. The lowest BCUT2D eigenvalue weighted by molar-refractivity contribution is -0.116. The largest absolute Gasteiger partial charge is 0.347 e. The predicted molar refractivity (Wildman–Crippen MR) is 92.0 cm³/mol. The number of nitrogens with one attached hydrogen (secondary N) is 1. The maximum atomic E-state index is 12.1. The molecule has 0 bridgehead atoms. The molecule has 6 nitrogen and oxygen atoms in total. The van der Waals surface area contributed by atoms with E-state index in [1.54, 1.807) is 17.4 Å². The molecule has 0 aliphatic rings. The monoisotopic (exact) mass is 346 g/mol. The van der Waals surface area contributed by atoms with Gasteiger partial charge in [0.15, 0.2) is 5.13 Å². The van der Waals surface area contributed by atoms with Crippen LogP contribution in [-0.4, -0.2) is 20.4 Å². The molecular formula is C15H14N4O2S2. The average molecular weight is 346 g/mol. The fourth-order valence-corrected chi connectivity index (χ4v) is 3.88. The van der Waals surface area contributed by atoms with Crippen LogP contribution in [-0.2, 0) is 11.3 Å². The van der Waals surface area contributed by atoms with E-state index >= 15 is 0 Å². The summed E-state index contributed by atoms with van der Waals surface area (Å²) >= 11 is 3.09. The van der Waals surface area contributed by atoms with Gasteiger partial charge in [-0.05, 0) is 32.0 Å². The summed E-state index contributed by atoms with van der Waals surface area (Å²) in [4.78, 5) is 35.0. The predicted octanol–water partition coefficient (Wildman–Crippen LogP) is 2.68. The first-order chi connectivity index (χ1) is 11.0. The Kier molecular flexibility index (Phi) is 4.35. The van der Waals surface area contributed by atoms with Gasteiger partial charge in [0, 0.05) is 22.1 Å². The number of carbonyl (C=O) groups is 1. The molecule has 0 spiro atoms. The third-order valence-electron chi connectivity index (χ3n) is 3.11. The van der Waals surface area contributed by atoms with Gasteiger partial charge in [-0.25, -0.2) is 14.8 Å². The van der Waals surface area contributed by atoms with Gasteiger partial charge in [-0.3, -0.25) is 9.36 Å². The first-order valence-electron chi connectivity index (χ1n) is 6.88. The highest BCUT2D eigenvalue weighted by Gasteiger charge is 2.13. The molecule has 0 fully saturated rings. The molecule has 3 heterocycles. The number of hydrogen-bond acceptors (Lipinski definition) is 6. The van der Waals surface area contributed by atoms with Crippen LogP contribution >= 0.6 is 22.7 Å². The van der Waals surface area contributed by atoms with E-state index in [9.17, 15) is 9.59 Å². The molecule has 3 aromatic heterocycles. The van der Waals surface area contributed by atoms with Gasteiger partial charge >= 0.3 is 5.69 Å². The standard InChI is InChI=1S/C15H14N4O2S2/c1-9-4-5-11(22-9)13-10(2)23-14(18-13)17-12(20)8-19-7-3-6-16-15(19)21/h3-7H,8H2,1-2H3,(H,17,18,20). The Labute approximate surface area is 140 Å². The van der Waals surface area contributed by atoms with E-state index < -0.39 is 5.69 Å². The lowest BCUT2D eigenvalue weighted by atomic mass is 10.3. The van der Waals surface area contributed by atoms with E-state index in [2.05, 4.69) is 15.3 Å². The number of thiazole rings is 1. The van der Waals surface area contributed by atoms with Gasteiger partial charge in [0.05, 0.1) is 10.6 Å². The molecule has 0 radical (unpaired) electrons. The molecule has 118 valence electrons. The molecule has 0 aromatic carbocycles. The fraction of sp³-hybridized carbons (Fsp3) is 0.200. The van der Waals surface area contributed by atoms with Crippen LogP contribution < -0.4 is 11.0 Å². The van der Waals surface area contributed by atoms with Gasteiger partial charge in [-0.1, -0.05) is 0 Å². The smallest absolute Gasteiger partial charge is 0.300 e. The van der Waals surface area contributed by atoms with Crippen LogP contribution in [0.25, 0.3) is 10.6 Å². The maximum absolute atomic E-state index is 12.1. The summed E-state index contributed by atoms with van der Waals surface area (Å²) in [5.74, 6) is -0.303. The van der Waals surface area contributed by atoms with Crippen molar-refractivity contribution in [1.82, 2.24) is 14.5 Å². The van der Waals surface area contributed by atoms with Gasteiger partial charge in [-0.2, -0.15) is 0 Å². The molecule has 0 unspecified atom stereocenters. The van der Waals surface area contributed by atoms with E-state index in [1.807, 2.05) is 26.0 Å². The Bertz CT molecular complexity index is 910. The number of rotatable bonds is 4. The normalized spacial score (nSPS) is 10.7. The zero-order chi connectivity index (χ0) is 16.4. The summed E-state index contributed by atoms with van der Waals surface area (Å²) in [6.45, 7) is 3.94. The first kappa shape index (κ1) is 15.6. The van der Waals surface area contributed by atoms with Crippen molar-refractivity contribution in [3.05, 3.63) is 50.8 Å². The Morgan fingerprint density at radius 1 is 1.30 bits per heavy atom. The minimum Gasteiger partial charge on any atom is -0.300 e. The number of anilines is 1. The zero-order valence-electron chi connectivity index (χ0n) is 12.6. The third kappa shape index (κ3) is 3.54. The highest BCUT2D eigenvalue weighted by molar-refractivity contribution is 7.18. The molecule has 0 saturated heterocycles. The first-order valence-corrected chi connectivity index (χ1v) is 8.52. The number of nitrogens with zero attached hydrogens (tertiary/aromatic N) is 3. The minimum absolute atomic E-state index is 0.0846. The molecule has 3 aromatic rings. The summed E-state index contributed by atoms with van der Waals surface area (Å²) in [6.07, 6.45) is 2.93. The van der Waals surface area contributed by atoms with E-state index in [0.717, 1.165) is 15.4 Å². The minimum atomic E-state index is -0.451. The Balaban J connectivity index is 1.75. The summed E-state index contributed by atoms with van der Waals surface area (Å²) in [5.41, 5.74) is 0.440. The van der Waals surface area contributed by atoms with E-state index in [0.29, 0.717) is 5.13 Å². The molecule has 23 heavy (non-hydrogen) atoms. The van der Waals surface area contributed by atoms with Crippen molar-refractivity contribution >= 4 is 33.7 Å². The Morgan fingerprint density at radius 2 is 2.13 bits per heavy atom. The van der Waals surface area contributed by atoms with Crippen LogP contribution in [0.2, 0.25) is 0 Å². The fourth-order valence-electron chi connectivity index (χ4n) is 2.06. The van der Waals surface area contributed by atoms with Crippen molar-refractivity contribution in [3.8, 4) is 10.6 Å². The summed E-state index contributed by atoms with van der Waals surface area (Å²) in [7, 11) is 0. The quantitative estimate of drug-likeness (QED) is 0.788. The van der Waals surface area contributed by atoms with Crippen molar-refractivity contribution < 1.29 is 4.79 Å².